The summed E-state index contributed by atoms with van der Waals surface area (Å²) in [6.45, 7) is -0.103. The van der Waals surface area contributed by atoms with Gasteiger partial charge in [-0.15, -0.1) is 0 Å². The molecule has 26 heavy (non-hydrogen) atoms. The number of nitrogens with one attached hydrogen (secondary N) is 2. The summed E-state index contributed by atoms with van der Waals surface area (Å²) in [6.07, 6.45) is -3.23. The fourth-order valence-corrected chi connectivity index (χ4v) is 2.24. The largest absolute Gasteiger partial charge is 0.445 e. The minimum absolute atomic E-state index is 0.103. The number of anilines is 1. The predicted molar refractivity (Wildman–Crippen MR) is 95.2 cm³/mol. The van der Waals surface area contributed by atoms with Crippen LogP contribution >= 0.6 is 0 Å². The van der Waals surface area contributed by atoms with Crippen molar-refractivity contribution in [2.24, 2.45) is 5.73 Å². The van der Waals surface area contributed by atoms with Gasteiger partial charge in [0.25, 0.3) is 0 Å². The molecule has 0 aromatic heterocycles. The van der Waals surface area contributed by atoms with Crippen molar-refractivity contribution in [3.05, 3.63) is 65.7 Å². The zero-order valence-corrected chi connectivity index (χ0v) is 14.0. The standard InChI is InChI=1S/C18H21N3O5/c19-17(24)21-14-8-4-7-13(9-14)16(23)15(22)10-20-18(25)26-11-12-5-2-1-3-6-12/h1-9,15-16,22-23H,10-11H2,(H,20,25)(H3,19,21,24). The number of primary amides is 1. The number of amides is 3. The lowest BCUT2D eigenvalue weighted by molar-refractivity contribution is 0.0184. The van der Waals surface area contributed by atoms with Crippen LogP contribution in [-0.4, -0.2) is 35.0 Å². The normalized spacial score (nSPS) is 12.7. The number of aliphatic hydroxyl groups excluding tert-OH is 2. The van der Waals surface area contributed by atoms with E-state index in [0.717, 1.165) is 5.56 Å². The summed E-state index contributed by atoms with van der Waals surface area (Å²) in [7, 11) is 0. The summed E-state index contributed by atoms with van der Waals surface area (Å²) < 4.78 is 5.02. The number of rotatable bonds is 7. The van der Waals surface area contributed by atoms with Gasteiger partial charge in [-0.3, -0.25) is 0 Å². The Morgan fingerprint density at radius 2 is 1.81 bits per heavy atom. The second-order valence-electron chi connectivity index (χ2n) is 5.57. The Morgan fingerprint density at radius 3 is 2.50 bits per heavy atom. The van der Waals surface area contributed by atoms with Crippen molar-refractivity contribution in [3.8, 4) is 0 Å². The first kappa shape index (κ1) is 19.2. The van der Waals surface area contributed by atoms with E-state index in [-0.39, 0.29) is 13.2 Å². The molecule has 0 fully saturated rings. The molecule has 0 saturated heterocycles. The van der Waals surface area contributed by atoms with E-state index in [1.54, 1.807) is 18.2 Å². The quantitative estimate of drug-likeness (QED) is 0.511. The Morgan fingerprint density at radius 1 is 1.08 bits per heavy atom. The van der Waals surface area contributed by atoms with Crippen molar-refractivity contribution in [1.82, 2.24) is 5.32 Å². The molecule has 3 amide bonds. The highest BCUT2D eigenvalue weighted by atomic mass is 16.5. The molecule has 0 bridgehead atoms. The molecule has 2 aromatic rings. The van der Waals surface area contributed by atoms with Gasteiger partial charge in [0.15, 0.2) is 0 Å². The molecule has 0 saturated carbocycles. The minimum atomic E-state index is -1.26. The number of hydrogen-bond donors (Lipinski definition) is 5. The summed E-state index contributed by atoms with van der Waals surface area (Å²) in [4.78, 5) is 22.5. The number of hydrogen-bond acceptors (Lipinski definition) is 5. The van der Waals surface area contributed by atoms with Crippen LogP contribution in [0, 0.1) is 0 Å². The predicted octanol–water partition coefficient (Wildman–Crippen LogP) is 1.50. The molecule has 6 N–H and O–H groups in total. The van der Waals surface area contributed by atoms with Gasteiger partial charge in [0.2, 0.25) is 0 Å². The molecule has 0 heterocycles. The first-order valence-electron chi connectivity index (χ1n) is 7.93. The molecule has 138 valence electrons. The van der Waals surface area contributed by atoms with Gasteiger partial charge in [-0.25, -0.2) is 9.59 Å². The van der Waals surface area contributed by atoms with Crippen molar-refractivity contribution in [3.63, 3.8) is 0 Å². The van der Waals surface area contributed by atoms with E-state index in [2.05, 4.69) is 10.6 Å². The highest BCUT2D eigenvalue weighted by Crippen LogP contribution is 2.20. The molecule has 2 aromatic carbocycles. The number of ether oxygens (including phenoxy) is 1. The molecule has 2 unspecified atom stereocenters. The van der Waals surface area contributed by atoms with E-state index in [0.29, 0.717) is 11.3 Å². The van der Waals surface area contributed by atoms with Gasteiger partial charge in [-0.1, -0.05) is 42.5 Å². The topological polar surface area (TPSA) is 134 Å². The number of carbonyl (C=O) groups excluding carboxylic acids is 2. The van der Waals surface area contributed by atoms with E-state index < -0.39 is 24.3 Å². The smallest absolute Gasteiger partial charge is 0.407 e. The van der Waals surface area contributed by atoms with Gasteiger partial charge >= 0.3 is 12.1 Å². The molecule has 0 radical (unpaired) electrons. The summed E-state index contributed by atoms with van der Waals surface area (Å²) in [5.74, 6) is 0. The van der Waals surface area contributed by atoms with Crippen molar-refractivity contribution >= 4 is 17.8 Å². The third-order valence-electron chi connectivity index (χ3n) is 3.53. The van der Waals surface area contributed by atoms with Crippen LogP contribution in [0.5, 0.6) is 0 Å². The maximum Gasteiger partial charge on any atom is 0.407 e. The summed E-state index contributed by atoms with van der Waals surface area (Å²) in [5.41, 5.74) is 6.62. The Bertz CT molecular complexity index is 739. The number of nitrogens with two attached hydrogens (primary N) is 1. The van der Waals surface area contributed by atoms with E-state index in [4.69, 9.17) is 10.5 Å². The minimum Gasteiger partial charge on any atom is -0.445 e. The van der Waals surface area contributed by atoms with Crippen LogP contribution in [0.25, 0.3) is 0 Å². The van der Waals surface area contributed by atoms with Crippen molar-refractivity contribution in [2.45, 2.75) is 18.8 Å². The molecule has 0 spiro atoms. The molecule has 2 atom stereocenters. The van der Waals surface area contributed by atoms with Crippen molar-refractivity contribution < 1.29 is 24.5 Å². The van der Waals surface area contributed by atoms with Crippen molar-refractivity contribution in [1.29, 1.82) is 0 Å². The number of aliphatic hydroxyl groups is 2. The van der Waals surface area contributed by atoms with Crippen LogP contribution in [0.4, 0.5) is 15.3 Å². The molecular weight excluding hydrogens is 338 g/mol. The van der Waals surface area contributed by atoms with Crippen LogP contribution in [0.1, 0.15) is 17.2 Å². The molecule has 8 nitrogen and oxygen atoms in total. The monoisotopic (exact) mass is 359 g/mol. The lowest BCUT2D eigenvalue weighted by atomic mass is 10.0. The third kappa shape index (κ3) is 6.08. The fourth-order valence-electron chi connectivity index (χ4n) is 2.24. The average molecular weight is 359 g/mol. The van der Waals surface area contributed by atoms with Gasteiger partial charge in [0.1, 0.15) is 18.8 Å². The Labute approximate surface area is 150 Å². The molecular formula is C18H21N3O5. The second-order valence-corrected chi connectivity index (χ2v) is 5.57. The first-order valence-corrected chi connectivity index (χ1v) is 7.93. The molecule has 0 aliphatic heterocycles. The zero-order valence-electron chi connectivity index (χ0n) is 14.0. The third-order valence-corrected chi connectivity index (χ3v) is 3.53. The number of urea groups is 1. The Hall–Kier alpha value is -3.10. The van der Waals surface area contributed by atoms with Gasteiger partial charge in [0.05, 0.1) is 0 Å². The van der Waals surface area contributed by atoms with Gasteiger partial charge in [-0.2, -0.15) is 0 Å². The lowest BCUT2D eigenvalue weighted by Crippen LogP contribution is -2.35. The SMILES string of the molecule is NC(=O)Nc1cccc(C(O)C(O)CNC(=O)OCc2ccccc2)c1. The Balaban J connectivity index is 1.82. The van der Waals surface area contributed by atoms with Gasteiger partial charge < -0.3 is 31.3 Å². The Kier molecular flexibility index (Phi) is 6.95. The highest BCUT2D eigenvalue weighted by molar-refractivity contribution is 5.87. The van der Waals surface area contributed by atoms with E-state index in [1.807, 2.05) is 30.3 Å². The summed E-state index contributed by atoms with van der Waals surface area (Å²) in [5, 5.41) is 25.0. The molecule has 2 rings (SSSR count). The number of carbonyl (C=O) groups is 2. The van der Waals surface area contributed by atoms with Crippen LogP contribution in [-0.2, 0) is 11.3 Å². The maximum absolute atomic E-state index is 11.7. The molecule has 8 heteroatoms. The lowest BCUT2D eigenvalue weighted by Gasteiger charge is -2.19. The van der Waals surface area contributed by atoms with Gasteiger partial charge in [-0.05, 0) is 23.3 Å². The van der Waals surface area contributed by atoms with Gasteiger partial charge in [0, 0.05) is 12.2 Å². The number of benzene rings is 2. The molecule has 0 aliphatic carbocycles. The summed E-state index contributed by atoms with van der Waals surface area (Å²) in [6, 6.07) is 14.7. The van der Waals surface area contributed by atoms with Crippen LogP contribution in [0.2, 0.25) is 0 Å². The second kappa shape index (κ2) is 9.40. The van der Waals surface area contributed by atoms with Crippen molar-refractivity contribution in [2.75, 3.05) is 11.9 Å². The fraction of sp³-hybridized carbons (Fsp3) is 0.222. The van der Waals surface area contributed by atoms with Crippen LogP contribution in [0.3, 0.4) is 0 Å². The first-order chi connectivity index (χ1) is 12.5. The van der Waals surface area contributed by atoms with Crippen LogP contribution in [0.15, 0.2) is 54.6 Å². The van der Waals surface area contributed by atoms with E-state index in [9.17, 15) is 19.8 Å². The zero-order chi connectivity index (χ0) is 18.9. The van der Waals surface area contributed by atoms with Crippen LogP contribution < -0.4 is 16.4 Å². The molecule has 0 aliphatic rings. The van der Waals surface area contributed by atoms with E-state index in [1.165, 1.54) is 6.07 Å². The average Bonchev–Trinajstić information content (AvgIpc) is 2.64. The highest BCUT2D eigenvalue weighted by Gasteiger charge is 2.20. The number of alkyl carbamates (subject to hydrolysis) is 1. The van der Waals surface area contributed by atoms with E-state index >= 15 is 0 Å². The summed E-state index contributed by atoms with van der Waals surface area (Å²) >= 11 is 0. The maximum atomic E-state index is 11.7.